The van der Waals surface area contributed by atoms with Crippen molar-refractivity contribution in [2.24, 2.45) is 0 Å². The lowest BCUT2D eigenvalue weighted by molar-refractivity contribution is -0.122. The number of fused-ring (bicyclic) bond motifs is 2. The Labute approximate surface area is 211 Å². The third-order valence-electron chi connectivity index (χ3n) is 6.93. The monoisotopic (exact) mass is 509 g/mol. The van der Waals surface area contributed by atoms with Gasteiger partial charge < -0.3 is 14.8 Å². The summed E-state index contributed by atoms with van der Waals surface area (Å²) in [7, 11) is -2.36. The van der Waals surface area contributed by atoms with E-state index in [0.29, 0.717) is 23.4 Å². The van der Waals surface area contributed by atoms with E-state index in [0.717, 1.165) is 50.2 Å². The summed E-state index contributed by atoms with van der Waals surface area (Å²) in [6, 6.07) is 17.8. The molecule has 3 aromatic carbocycles. The average molecular weight is 510 g/mol. The van der Waals surface area contributed by atoms with E-state index >= 15 is 0 Å². The van der Waals surface area contributed by atoms with E-state index in [9.17, 15) is 13.2 Å². The molecule has 8 nitrogen and oxygen atoms in total. The van der Waals surface area contributed by atoms with Crippen molar-refractivity contribution in [1.82, 2.24) is 10.2 Å². The van der Waals surface area contributed by atoms with Crippen LogP contribution in [0.4, 0.5) is 5.69 Å². The maximum absolute atomic E-state index is 14.0. The van der Waals surface area contributed by atoms with Gasteiger partial charge in [0.1, 0.15) is 5.75 Å². The Kier molecular flexibility index (Phi) is 7.13. The molecule has 1 fully saturated rings. The number of nitrogens with zero attached hydrogens (tertiary/aromatic N) is 2. The van der Waals surface area contributed by atoms with Crippen LogP contribution in [0.3, 0.4) is 0 Å². The van der Waals surface area contributed by atoms with Crippen LogP contribution in [0.1, 0.15) is 17.9 Å². The van der Waals surface area contributed by atoms with Gasteiger partial charge in [-0.2, -0.15) is 0 Å². The molecule has 0 bridgehead atoms. The first kappa shape index (κ1) is 24.5. The largest absolute Gasteiger partial charge is 0.496 e. The molecule has 3 aromatic rings. The van der Waals surface area contributed by atoms with Gasteiger partial charge in [0.05, 0.1) is 43.4 Å². The topological polar surface area (TPSA) is 88.2 Å². The standard InChI is InChI=1S/C27H31N3O5S/c1-34-25-11-12-26(22-9-3-2-8-21(22)25)36(32,33)30-19-23(20-7-4-5-10-24(20)30)27(31)28-13-6-14-29-15-17-35-18-16-29/h2-5,7-12,23H,6,13-19H2,1H3,(H,28,31). The molecule has 9 heteroatoms. The number of morpholine rings is 1. The number of para-hydroxylation sites is 1. The van der Waals surface area contributed by atoms with Crippen LogP contribution in [0, 0.1) is 0 Å². The first-order valence-electron chi connectivity index (χ1n) is 12.3. The highest BCUT2D eigenvalue weighted by Gasteiger charge is 2.40. The number of amides is 1. The van der Waals surface area contributed by atoms with Crippen LogP contribution in [-0.2, 0) is 19.6 Å². The third-order valence-corrected chi connectivity index (χ3v) is 8.77. The minimum atomic E-state index is -3.93. The lowest BCUT2D eigenvalue weighted by Gasteiger charge is -2.26. The number of hydrogen-bond donors (Lipinski definition) is 1. The van der Waals surface area contributed by atoms with Crippen molar-refractivity contribution in [2.45, 2.75) is 17.2 Å². The molecule has 2 aliphatic heterocycles. The van der Waals surface area contributed by atoms with E-state index in [2.05, 4.69) is 10.2 Å². The Morgan fingerprint density at radius 1 is 1.03 bits per heavy atom. The van der Waals surface area contributed by atoms with E-state index in [-0.39, 0.29) is 17.3 Å². The van der Waals surface area contributed by atoms with Crippen LogP contribution in [0.5, 0.6) is 5.75 Å². The molecule has 1 unspecified atom stereocenters. The molecule has 0 saturated carbocycles. The summed E-state index contributed by atoms with van der Waals surface area (Å²) in [5.41, 5.74) is 1.27. The minimum absolute atomic E-state index is 0.0668. The van der Waals surface area contributed by atoms with Gasteiger partial charge >= 0.3 is 0 Å². The number of carbonyl (C=O) groups excluding carboxylic acids is 1. The molecular weight excluding hydrogens is 478 g/mol. The number of benzene rings is 3. The molecule has 2 heterocycles. The maximum Gasteiger partial charge on any atom is 0.264 e. The Balaban J connectivity index is 1.36. The first-order valence-corrected chi connectivity index (χ1v) is 13.7. The molecule has 0 radical (unpaired) electrons. The number of nitrogens with one attached hydrogen (secondary N) is 1. The highest BCUT2D eigenvalue weighted by molar-refractivity contribution is 7.93. The van der Waals surface area contributed by atoms with Gasteiger partial charge in [-0.15, -0.1) is 0 Å². The van der Waals surface area contributed by atoms with Crippen LogP contribution in [0.2, 0.25) is 0 Å². The van der Waals surface area contributed by atoms with Crippen molar-refractivity contribution >= 4 is 32.4 Å². The normalized spacial score (nSPS) is 18.2. The van der Waals surface area contributed by atoms with Crippen LogP contribution < -0.4 is 14.4 Å². The second-order valence-corrected chi connectivity index (χ2v) is 10.9. The summed E-state index contributed by atoms with van der Waals surface area (Å²) in [6.45, 7) is 4.84. The summed E-state index contributed by atoms with van der Waals surface area (Å²) >= 11 is 0. The highest BCUT2D eigenvalue weighted by Crippen LogP contribution is 2.41. The molecule has 0 aliphatic carbocycles. The van der Waals surface area contributed by atoms with E-state index in [4.69, 9.17) is 9.47 Å². The first-order chi connectivity index (χ1) is 17.5. The zero-order valence-corrected chi connectivity index (χ0v) is 21.2. The molecule has 1 N–H and O–H groups in total. The van der Waals surface area contributed by atoms with Crippen LogP contribution in [-0.4, -0.2) is 72.3 Å². The third kappa shape index (κ3) is 4.66. The number of hydrogen-bond acceptors (Lipinski definition) is 6. The van der Waals surface area contributed by atoms with Gasteiger partial charge in [0.2, 0.25) is 5.91 Å². The fraction of sp³-hybridized carbons (Fsp3) is 0.370. The van der Waals surface area contributed by atoms with Crippen molar-refractivity contribution in [1.29, 1.82) is 0 Å². The van der Waals surface area contributed by atoms with Gasteiger partial charge in [0.15, 0.2) is 0 Å². The van der Waals surface area contributed by atoms with Crippen LogP contribution in [0.25, 0.3) is 10.8 Å². The minimum Gasteiger partial charge on any atom is -0.496 e. The van der Waals surface area contributed by atoms with Crippen molar-refractivity contribution < 1.29 is 22.7 Å². The Morgan fingerprint density at radius 3 is 2.53 bits per heavy atom. The van der Waals surface area contributed by atoms with Crippen molar-refractivity contribution in [2.75, 3.05) is 57.4 Å². The molecule has 190 valence electrons. The molecule has 1 amide bonds. The van der Waals surface area contributed by atoms with Crippen molar-refractivity contribution in [3.8, 4) is 5.75 Å². The predicted molar refractivity (Wildman–Crippen MR) is 139 cm³/mol. The lowest BCUT2D eigenvalue weighted by Crippen LogP contribution is -2.39. The van der Waals surface area contributed by atoms with E-state index in [1.165, 1.54) is 4.31 Å². The summed E-state index contributed by atoms with van der Waals surface area (Å²) in [6.07, 6.45) is 0.833. The zero-order valence-electron chi connectivity index (χ0n) is 20.4. The summed E-state index contributed by atoms with van der Waals surface area (Å²) in [5, 5.41) is 4.34. The molecule has 5 rings (SSSR count). The van der Waals surface area contributed by atoms with Gasteiger partial charge in [-0.1, -0.05) is 42.5 Å². The van der Waals surface area contributed by atoms with Crippen molar-refractivity contribution in [3.63, 3.8) is 0 Å². The SMILES string of the molecule is COc1ccc(S(=O)(=O)N2CC(C(=O)NCCCN3CCOCC3)c3ccccc32)c2ccccc12. The summed E-state index contributed by atoms with van der Waals surface area (Å²) < 4.78 is 40.1. The fourth-order valence-corrected chi connectivity index (χ4v) is 6.76. The Morgan fingerprint density at radius 2 is 1.75 bits per heavy atom. The molecular formula is C27H31N3O5S. The van der Waals surface area contributed by atoms with Crippen molar-refractivity contribution in [3.05, 3.63) is 66.2 Å². The predicted octanol–water partition coefficient (Wildman–Crippen LogP) is 2.98. The highest BCUT2D eigenvalue weighted by atomic mass is 32.2. The van der Waals surface area contributed by atoms with Gasteiger partial charge in [-0.25, -0.2) is 8.42 Å². The molecule has 1 atom stereocenters. The quantitative estimate of drug-likeness (QED) is 0.470. The van der Waals surface area contributed by atoms with Gasteiger partial charge in [-0.3, -0.25) is 14.0 Å². The molecule has 0 spiro atoms. The zero-order chi connectivity index (χ0) is 25.1. The number of ether oxygens (including phenoxy) is 2. The van der Waals surface area contributed by atoms with Crippen LogP contribution in [0.15, 0.2) is 65.6 Å². The number of rotatable bonds is 8. The second kappa shape index (κ2) is 10.5. The number of sulfonamides is 1. The van der Waals surface area contributed by atoms with E-state index in [1.807, 2.05) is 30.3 Å². The second-order valence-electron chi connectivity index (χ2n) is 9.06. The number of carbonyl (C=O) groups is 1. The fourth-order valence-electron chi connectivity index (χ4n) is 5.05. The summed E-state index contributed by atoms with van der Waals surface area (Å²) in [5.74, 6) is -0.105. The smallest absolute Gasteiger partial charge is 0.264 e. The number of methoxy groups -OCH3 is 1. The molecule has 0 aromatic heterocycles. The van der Waals surface area contributed by atoms with E-state index < -0.39 is 15.9 Å². The maximum atomic E-state index is 14.0. The Bertz CT molecular complexity index is 1350. The average Bonchev–Trinajstić information content (AvgIpc) is 3.32. The van der Waals surface area contributed by atoms with Gasteiger partial charge in [0.25, 0.3) is 10.0 Å². The van der Waals surface area contributed by atoms with E-state index in [1.54, 1.807) is 37.4 Å². The van der Waals surface area contributed by atoms with Crippen LogP contribution >= 0.6 is 0 Å². The molecule has 2 aliphatic rings. The molecule has 36 heavy (non-hydrogen) atoms. The van der Waals surface area contributed by atoms with Gasteiger partial charge in [-0.05, 0) is 36.7 Å². The van der Waals surface area contributed by atoms with Gasteiger partial charge in [0, 0.05) is 30.4 Å². The number of anilines is 1. The summed E-state index contributed by atoms with van der Waals surface area (Å²) in [4.78, 5) is 15.7. The Hall–Kier alpha value is -3.14. The molecule has 1 saturated heterocycles. The lowest BCUT2D eigenvalue weighted by atomic mass is 10.0.